The summed E-state index contributed by atoms with van der Waals surface area (Å²) >= 11 is 9.40. The number of halogens is 1. The van der Waals surface area contributed by atoms with Crippen LogP contribution in [0.5, 0.6) is 0 Å². The van der Waals surface area contributed by atoms with Gasteiger partial charge in [-0.15, -0.1) is 11.3 Å². The minimum absolute atomic E-state index is 0.0308. The first-order chi connectivity index (χ1) is 14.0. The van der Waals surface area contributed by atoms with Gasteiger partial charge in [-0.1, -0.05) is 17.7 Å². The van der Waals surface area contributed by atoms with Crippen molar-refractivity contribution < 1.29 is 4.79 Å². The number of hydrogen-bond acceptors (Lipinski definition) is 5. The van der Waals surface area contributed by atoms with Crippen molar-refractivity contribution in [3.8, 4) is 0 Å². The first-order valence-corrected chi connectivity index (χ1v) is 12.0. The number of carbonyl (C=O) groups is 1. The molecule has 4 rings (SSSR count). The Morgan fingerprint density at radius 3 is 3.00 bits per heavy atom. The van der Waals surface area contributed by atoms with E-state index < -0.39 is 0 Å². The van der Waals surface area contributed by atoms with Gasteiger partial charge in [-0.25, -0.2) is 4.98 Å². The second-order valence-electron chi connectivity index (χ2n) is 7.24. The van der Waals surface area contributed by atoms with Crippen LogP contribution in [0.4, 0.5) is 5.69 Å². The molecule has 29 heavy (non-hydrogen) atoms. The number of rotatable bonds is 6. The predicted octanol–water partition coefficient (Wildman–Crippen LogP) is 5.09. The van der Waals surface area contributed by atoms with Gasteiger partial charge in [0.05, 0.1) is 21.8 Å². The second kappa shape index (κ2) is 8.90. The van der Waals surface area contributed by atoms with Crippen molar-refractivity contribution in [3.63, 3.8) is 0 Å². The Kier molecular flexibility index (Phi) is 6.27. The topological polar surface area (TPSA) is 74.8 Å². The predicted molar refractivity (Wildman–Crippen MR) is 122 cm³/mol. The van der Waals surface area contributed by atoms with Crippen molar-refractivity contribution in [2.24, 2.45) is 0 Å². The third kappa shape index (κ3) is 4.68. The molecule has 0 atom stereocenters. The molecule has 1 aliphatic rings. The molecule has 5 nitrogen and oxygen atoms in total. The molecule has 0 radical (unpaired) electrons. The maximum Gasteiger partial charge on any atom is 0.259 e. The van der Waals surface area contributed by atoms with Gasteiger partial charge in [-0.2, -0.15) is 11.8 Å². The van der Waals surface area contributed by atoms with Gasteiger partial charge in [0.25, 0.3) is 5.56 Å². The Morgan fingerprint density at radius 1 is 1.34 bits per heavy atom. The van der Waals surface area contributed by atoms with E-state index in [9.17, 15) is 9.59 Å². The number of aromatic amines is 1. The Hall–Kier alpha value is -1.83. The lowest BCUT2D eigenvalue weighted by Gasteiger charge is -2.09. The van der Waals surface area contributed by atoms with Crippen LogP contribution in [0.15, 0.2) is 23.0 Å². The van der Waals surface area contributed by atoms with E-state index in [0.717, 1.165) is 35.0 Å². The minimum atomic E-state index is -0.0777. The van der Waals surface area contributed by atoms with Crippen LogP contribution in [0.2, 0.25) is 5.02 Å². The summed E-state index contributed by atoms with van der Waals surface area (Å²) in [6, 6.07) is 5.55. The third-order valence-electron chi connectivity index (χ3n) is 4.99. The van der Waals surface area contributed by atoms with Gasteiger partial charge in [0, 0.05) is 17.1 Å². The van der Waals surface area contributed by atoms with Gasteiger partial charge in [0.2, 0.25) is 5.91 Å². The van der Waals surface area contributed by atoms with Crippen LogP contribution in [-0.4, -0.2) is 21.6 Å². The van der Waals surface area contributed by atoms with E-state index >= 15 is 0 Å². The molecule has 1 aromatic carbocycles. The molecule has 0 bridgehead atoms. The van der Waals surface area contributed by atoms with Gasteiger partial charge < -0.3 is 10.3 Å². The fourth-order valence-electron chi connectivity index (χ4n) is 3.54. The first kappa shape index (κ1) is 20.4. The summed E-state index contributed by atoms with van der Waals surface area (Å²) in [5.74, 6) is 1.81. The van der Waals surface area contributed by atoms with E-state index in [1.165, 1.54) is 16.9 Å². The van der Waals surface area contributed by atoms with Crippen LogP contribution < -0.4 is 10.9 Å². The lowest BCUT2D eigenvalue weighted by Crippen LogP contribution is -2.14. The van der Waals surface area contributed by atoms with Crippen molar-refractivity contribution in [1.82, 2.24) is 9.97 Å². The molecule has 8 heteroatoms. The van der Waals surface area contributed by atoms with Crippen LogP contribution in [0.25, 0.3) is 10.2 Å². The fourth-order valence-corrected chi connectivity index (χ4v) is 5.91. The van der Waals surface area contributed by atoms with Crippen molar-refractivity contribution in [2.45, 2.75) is 44.8 Å². The quantitative estimate of drug-likeness (QED) is 0.516. The highest BCUT2D eigenvalue weighted by atomic mass is 35.5. The maximum absolute atomic E-state index is 12.6. The van der Waals surface area contributed by atoms with Crippen molar-refractivity contribution >= 4 is 56.5 Å². The summed E-state index contributed by atoms with van der Waals surface area (Å²) in [6.07, 6.45) is 4.74. The number of hydrogen-bond donors (Lipinski definition) is 2. The van der Waals surface area contributed by atoms with Crippen LogP contribution in [0.3, 0.4) is 0 Å². The molecule has 0 spiro atoms. The Morgan fingerprint density at radius 2 is 2.17 bits per heavy atom. The Balaban J connectivity index is 1.33. The highest BCUT2D eigenvalue weighted by Gasteiger charge is 2.19. The second-order valence-corrected chi connectivity index (χ2v) is 9.83. The molecule has 0 saturated carbocycles. The summed E-state index contributed by atoms with van der Waals surface area (Å²) in [5.41, 5.74) is 2.85. The zero-order chi connectivity index (χ0) is 20.4. The highest BCUT2D eigenvalue weighted by molar-refractivity contribution is 7.98. The van der Waals surface area contributed by atoms with E-state index in [4.69, 9.17) is 11.6 Å². The molecule has 1 aliphatic carbocycles. The maximum atomic E-state index is 12.6. The number of thiophene rings is 1. The fraction of sp³-hybridized carbons (Fsp3) is 0.381. The number of carbonyl (C=O) groups excluding carboxylic acids is 1. The zero-order valence-corrected chi connectivity index (χ0v) is 18.5. The van der Waals surface area contributed by atoms with Crippen LogP contribution in [-0.2, 0) is 23.4 Å². The van der Waals surface area contributed by atoms with Crippen molar-refractivity contribution in [3.05, 3.63) is 55.4 Å². The smallest absolute Gasteiger partial charge is 0.259 e. The van der Waals surface area contributed by atoms with Gasteiger partial charge in [0.1, 0.15) is 10.7 Å². The molecule has 2 aromatic heterocycles. The van der Waals surface area contributed by atoms with Gasteiger partial charge in [-0.3, -0.25) is 9.59 Å². The van der Waals surface area contributed by atoms with Crippen LogP contribution in [0, 0.1) is 6.92 Å². The lowest BCUT2D eigenvalue weighted by molar-refractivity contribution is -0.115. The average Bonchev–Trinajstić information content (AvgIpc) is 3.06. The standard InChI is InChI=1S/C21H22ClN3O2S2/c1-12-6-7-15(14(22)10-12)23-18(26)8-9-28-11-17-24-20(27)19-13-4-2-3-5-16(13)29-21(19)25-17/h6-7,10H,2-5,8-9,11H2,1H3,(H,23,26)(H,24,25,27). The largest absolute Gasteiger partial charge is 0.325 e. The minimum Gasteiger partial charge on any atom is -0.325 e. The van der Waals surface area contributed by atoms with Crippen molar-refractivity contribution in [1.29, 1.82) is 0 Å². The van der Waals surface area contributed by atoms with E-state index in [2.05, 4.69) is 15.3 Å². The summed E-state index contributed by atoms with van der Waals surface area (Å²) in [5, 5.41) is 4.17. The number of H-pyrrole nitrogens is 1. The van der Waals surface area contributed by atoms with Crippen molar-refractivity contribution in [2.75, 3.05) is 11.1 Å². The molecule has 3 aromatic rings. The third-order valence-corrected chi connectivity index (χ3v) is 7.45. The van der Waals surface area contributed by atoms with E-state index in [0.29, 0.717) is 34.5 Å². The van der Waals surface area contributed by atoms with Gasteiger partial charge in [-0.05, 0) is 55.9 Å². The Labute approximate surface area is 182 Å². The SMILES string of the molecule is Cc1ccc(NC(=O)CCSCc2nc3sc4c(c3c(=O)[nH]2)CCCC4)c(Cl)c1. The molecule has 2 heterocycles. The first-order valence-electron chi connectivity index (χ1n) is 9.68. The highest BCUT2D eigenvalue weighted by Crippen LogP contribution is 2.33. The Bertz CT molecular complexity index is 1120. The zero-order valence-electron chi connectivity index (χ0n) is 16.1. The van der Waals surface area contributed by atoms with Crippen LogP contribution in [0.1, 0.15) is 41.1 Å². The molecular weight excluding hydrogens is 426 g/mol. The number of nitrogens with one attached hydrogen (secondary N) is 2. The summed E-state index contributed by atoms with van der Waals surface area (Å²) < 4.78 is 0. The number of aryl methyl sites for hydroxylation is 3. The number of aromatic nitrogens is 2. The molecule has 1 amide bonds. The molecule has 0 saturated heterocycles. The van der Waals surface area contributed by atoms with Gasteiger partial charge in [0.15, 0.2) is 0 Å². The number of amides is 1. The summed E-state index contributed by atoms with van der Waals surface area (Å²) in [7, 11) is 0. The molecule has 0 unspecified atom stereocenters. The van der Waals surface area contributed by atoms with Gasteiger partial charge >= 0.3 is 0 Å². The summed E-state index contributed by atoms with van der Waals surface area (Å²) in [6.45, 7) is 1.95. The van der Waals surface area contributed by atoms with E-state index in [1.807, 2.05) is 25.1 Å². The number of fused-ring (bicyclic) bond motifs is 3. The normalized spacial score (nSPS) is 13.4. The van der Waals surface area contributed by atoms with E-state index in [-0.39, 0.29) is 11.5 Å². The molecule has 2 N–H and O–H groups in total. The van der Waals surface area contributed by atoms with E-state index in [1.54, 1.807) is 23.1 Å². The number of thioether (sulfide) groups is 1. The molecular formula is C21H22ClN3O2S2. The monoisotopic (exact) mass is 447 g/mol. The average molecular weight is 448 g/mol. The lowest BCUT2D eigenvalue weighted by atomic mass is 9.97. The number of benzene rings is 1. The van der Waals surface area contributed by atoms with Crippen LogP contribution >= 0.6 is 34.7 Å². The molecule has 0 fully saturated rings. The number of nitrogens with zero attached hydrogens (tertiary/aromatic N) is 1. The molecule has 152 valence electrons. The number of anilines is 1. The molecule has 0 aliphatic heterocycles. The summed E-state index contributed by atoms with van der Waals surface area (Å²) in [4.78, 5) is 34.5.